The summed E-state index contributed by atoms with van der Waals surface area (Å²) >= 11 is 8.06. The van der Waals surface area contributed by atoms with Crippen LogP contribution in [0.4, 0.5) is 5.69 Å². The maximum atomic E-state index is 12.6. The van der Waals surface area contributed by atoms with Gasteiger partial charge in [0.15, 0.2) is 0 Å². The lowest BCUT2D eigenvalue weighted by molar-refractivity contribution is -0.126. The highest BCUT2D eigenvalue weighted by atomic mass is 35.5. The number of amides is 1. The number of hydrogen-bond donors (Lipinski definition) is 0. The van der Waals surface area contributed by atoms with Crippen molar-refractivity contribution in [3.8, 4) is 5.75 Å². The molecule has 0 bridgehead atoms. The fourth-order valence-corrected chi connectivity index (χ4v) is 4.85. The zero-order chi connectivity index (χ0) is 19.5. The van der Waals surface area contributed by atoms with Gasteiger partial charge in [0.1, 0.15) is 5.75 Å². The van der Waals surface area contributed by atoms with Gasteiger partial charge in [-0.05, 0) is 24.3 Å². The zero-order valence-electron chi connectivity index (χ0n) is 15.6. The van der Waals surface area contributed by atoms with E-state index in [1.165, 1.54) is 0 Å². The Morgan fingerprint density at radius 3 is 2.54 bits per heavy atom. The van der Waals surface area contributed by atoms with Crippen LogP contribution in [-0.4, -0.2) is 44.1 Å². The van der Waals surface area contributed by atoms with E-state index < -0.39 is 0 Å². The van der Waals surface area contributed by atoms with Crippen LogP contribution in [0.2, 0.25) is 5.02 Å². The molecule has 0 unspecified atom stereocenters. The molecule has 0 atom stereocenters. The second kappa shape index (κ2) is 8.25. The molecule has 1 aliphatic heterocycles. The van der Waals surface area contributed by atoms with Crippen molar-refractivity contribution in [2.24, 2.45) is 0 Å². The third-order valence-electron chi connectivity index (χ3n) is 4.95. The van der Waals surface area contributed by atoms with E-state index in [0.717, 1.165) is 39.5 Å². The first-order valence-corrected chi connectivity index (χ1v) is 10.4. The first kappa shape index (κ1) is 18.8. The average Bonchev–Trinajstić information content (AvgIpc) is 3.08. The van der Waals surface area contributed by atoms with Crippen LogP contribution in [0.15, 0.2) is 54.6 Å². The SMILES string of the molecule is COc1ccccc1N1CCN(C(=O)/C=C/c2sc3ccccc3c2Cl)CC1. The van der Waals surface area contributed by atoms with E-state index in [1.54, 1.807) is 24.5 Å². The molecular weight excluding hydrogens is 392 g/mol. The Bertz CT molecular complexity index is 1020. The molecule has 2 aromatic carbocycles. The Balaban J connectivity index is 1.41. The van der Waals surface area contributed by atoms with E-state index in [0.29, 0.717) is 18.1 Å². The van der Waals surface area contributed by atoms with Crippen LogP contribution >= 0.6 is 22.9 Å². The molecule has 1 saturated heterocycles. The maximum Gasteiger partial charge on any atom is 0.246 e. The molecular formula is C22H21ClN2O2S. The van der Waals surface area contributed by atoms with Crippen molar-refractivity contribution in [2.75, 3.05) is 38.2 Å². The Kier molecular flexibility index (Phi) is 5.55. The summed E-state index contributed by atoms with van der Waals surface area (Å²) in [6.07, 6.45) is 3.47. The smallest absolute Gasteiger partial charge is 0.246 e. The van der Waals surface area contributed by atoms with E-state index in [-0.39, 0.29) is 5.91 Å². The van der Waals surface area contributed by atoms with Crippen LogP contribution in [-0.2, 0) is 4.79 Å². The van der Waals surface area contributed by atoms with Crippen molar-refractivity contribution in [3.05, 3.63) is 64.5 Å². The van der Waals surface area contributed by atoms with Crippen molar-refractivity contribution < 1.29 is 9.53 Å². The standard InChI is InChI=1S/C22H21ClN2O2S/c1-27-18-8-4-3-7-17(18)24-12-14-25(15-13-24)21(26)11-10-20-22(23)16-6-2-5-9-19(16)28-20/h2-11H,12-15H2,1H3/b11-10+. The molecule has 0 saturated carbocycles. The molecule has 0 aliphatic carbocycles. The lowest BCUT2D eigenvalue weighted by Crippen LogP contribution is -2.48. The number of fused-ring (bicyclic) bond motifs is 1. The second-order valence-electron chi connectivity index (χ2n) is 6.59. The summed E-state index contributed by atoms with van der Waals surface area (Å²) < 4.78 is 6.58. The molecule has 1 fully saturated rings. The third-order valence-corrected chi connectivity index (χ3v) is 6.61. The van der Waals surface area contributed by atoms with Crippen molar-refractivity contribution in [1.82, 2.24) is 4.90 Å². The molecule has 6 heteroatoms. The zero-order valence-corrected chi connectivity index (χ0v) is 17.2. The summed E-state index contributed by atoms with van der Waals surface area (Å²) in [5.41, 5.74) is 1.07. The van der Waals surface area contributed by atoms with Crippen LogP contribution in [0.5, 0.6) is 5.75 Å². The van der Waals surface area contributed by atoms with Gasteiger partial charge in [-0.25, -0.2) is 0 Å². The Labute approximate surface area is 173 Å². The molecule has 0 N–H and O–H groups in total. The predicted octanol–water partition coefficient (Wildman–Crippen LogP) is 4.93. The minimum Gasteiger partial charge on any atom is -0.495 e. The van der Waals surface area contributed by atoms with Gasteiger partial charge in [-0.1, -0.05) is 41.9 Å². The van der Waals surface area contributed by atoms with Crippen LogP contribution in [0.1, 0.15) is 4.88 Å². The number of thiophene rings is 1. The number of carbonyl (C=O) groups is 1. The molecule has 1 amide bonds. The van der Waals surface area contributed by atoms with E-state index in [4.69, 9.17) is 16.3 Å². The fourth-order valence-electron chi connectivity index (χ4n) is 3.45. The van der Waals surface area contributed by atoms with E-state index in [2.05, 4.69) is 11.0 Å². The van der Waals surface area contributed by atoms with Crippen LogP contribution in [0, 0.1) is 0 Å². The molecule has 28 heavy (non-hydrogen) atoms. The van der Waals surface area contributed by atoms with E-state index >= 15 is 0 Å². The van der Waals surface area contributed by atoms with Crippen molar-refractivity contribution in [1.29, 1.82) is 0 Å². The van der Waals surface area contributed by atoms with E-state index in [1.807, 2.05) is 53.4 Å². The minimum absolute atomic E-state index is 0.0215. The minimum atomic E-state index is 0.0215. The van der Waals surface area contributed by atoms with Crippen molar-refractivity contribution in [3.63, 3.8) is 0 Å². The molecule has 1 aromatic heterocycles. The first-order chi connectivity index (χ1) is 13.7. The van der Waals surface area contributed by atoms with Crippen LogP contribution in [0.25, 0.3) is 16.2 Å². The number of halogens is 1. The molecule has 0 radical (unpaired) electrons. The quantitative estimate of drug-likeness (QED) is 0.570. The third kappa shape index (κ3) is 3.73. The van der Waals surface area contributed by atoms with Gasteiger partial charge in [-0.3, -0.25) is 4.79 Å². The molecule has 4 rings (SSSR count). The molecule has 2 heterocycles. The highest BCUT2D eigenvalue weighted by molar-refractivity contribution is 7.20. The number of methoxy groups -OCH3 is 1. The number of anilines is 1. The monoisotopic (exact) mass is 412 g/mol. The number of carbonyl (C=O) groups excluding carboxylic acids is 1. The largest absolute Gasteiger partial charge is 0.495 e. The number of para-hydroxylation sites is 2. The number of benzene rings is 2. The number of rotatable bonds is 4. The van der Waals surface area contributed by atoms with Crippen molar-refractivity contribution in [2.45, 2.75) is 0 Å². The maximum absolute atomic E-state index is 12.6. The molecule has 0 spiro atoms. The van der Waals surface area contributed by atoms with Gasteiger partial charge in [-0.15, -0.1) is 11.3 Å². The van der Waals surface area contributed by atoms with Gasteiger partial charge < -0.3 is 14.5 Å². The molecule has 144 valence electrons. The Hall–Kier alpha value is -2.50. The first-order valence-electron chi connectivity index (χ1n) is 9.19. The summed E-state index contributed by atoms with van der Waals surface area (Å²) in [6.45, 7) is 2.93. The number of nitrogens with zero attached hydrogens (tertiary/aromatic N) is 2. The fraction of sp³-hybridized carbons (Fsp3) is 0.227. The number of ether oxygens (including phenoxy) is 1. The lowest BCUT2D eigenvalue weighted by atomic mass is 10.2. The highest BCUT2D eigenvalue weighted by Gasteiger charge is 2.21. The summed E-state index contributed by atoms with van der Waals surface area (Å²) in [4.78, 5) is 17.7. The number of piperazine rings is 1. The summed E-state index contributed by atoms with van der Waals surface area (Å²) in [7, 11) is 1.68. The Morgan fingerprint density at radius 2 is 1.79 bits per heavy atom. The van der Waals surface area contributed by atoms with E-state index in [9.17, 15) is 4.79 Å². The summed E-state index contributed by atoms with van der Waals surface area (Å²) in [6, 6.07) is 16.0. The highest BCUT2D eigenvalue weighted by Crippen LogP contribution is 2.36. The molecule has 4 nitrogen and oxygen atoms in total. The molecule has 3 aromatic rings. The molecule has 1 aliphatic rings. The second-order valence-corrected chi connectivity index (χ2v) is 8.06. The normalized spacial score (nSPS) is 14.8. The van der Waals surface area contributed by atoms with Gasteiger partial charge in [0.05, 0.1) is 17.8 Å². The summed E-state index contributed by atoms with van der Waals surface area (Å²) in [5, 5.41) is 1.75. The van der Waals surface area contributed by atoms with Gasteiger partial charge in [0, 0.05) is 47.2 Å². The average molecular weight is 413 g/mol. The van der Waals surface area contributed by atoms with Gasteiger partial charge >= 0.3 is 0 Å². The predicted molar refractivity (Wildman–Crippen MR) is 118 cm³/mol. The van der Waals surface area contributed by atoms with Gasteiger partial charge in [-0.2, -0.15) is 0 Å². The van der Waals surface area contributed by atoms with Crippen molar-refractivity contribution >= 4 is 50.7 Å². The van der Waals surface area contributed by atoms with Crippen LogP contribution < -0.4 is 9.64 Å². The van der Waals surface area contributed by atoms with Crippen LogP contribution in [0.3, 0.4) is 0 Å². The Morgan fingerprint density at radius 1 is 1.07 bits per heavy atom. The lowest BCUT2D eigenvalue weighted by Gasteiger charge is -2.36. The topological polar surface area (TPSA) is 32.8 Å². The summed E-state index contributed by atoms with van der Waals surface area (Å²) in [5.74, 6) is 0.884. The van der Waals surface area contributed by atoms with Gasteiger partial charge in [0.25, 0.3) is 0 Å². The number of hydrogen-bond acceptors (Lipinski definition) is 4. The van der Waals surface area contributed by atoms with Gasteiger partial charge in [0.2, 0.25) is 5.91 Å².